The molecule has 1 saturated heterocycles. The zero-order valence-corrected chi connectivity index (χ0v) is 16.8. The average molecular weight is 418 g/mol. The number of aliphatic hydroxyl groups is 1. The summed E-state index contributed by atoms with van der Waals surface area (Å²) in [5.41, 5.74) is 1.95. The molecule has 1 fully saturated rings. The molecule has 2 aromatic rings. The lowest BCUT2D eigenvalue weighted by Gasteiger charge is -2.30. The van der Waals surface area contributed by atoms with Gasteiger partial charge >= 0.3 is 0 Å². The molecule has 1 heterocycles. The molecule has 3 N–H and O–H groups in total. The van der Waals surface area contributed by atoms with Gasteiger partial charge in [0.1, 0.15) is 12.0 Å². The van der Waals surface area contributed by atoms with Crippen LogP contribution in [0.1, 0.15) is 30.4 Å². The summed E-state index contributed by atoms with van der Waals surface area (Å²) < 4.78 is 13.0. The van der Waals surface area contributed by atoms with Crippen LogP contribution in [0.15, 0.2) is 48.5 Å². The molecule has 1 aliphatic heterocycles. The number of halogens is 2. The monoisotopic (exact) mass is 417 g/mol. The number of amides is 1. The Morgan fingerprint density at radius 3 is 2.52 bits per heavy atom. The number of nitrogens with zero attached hydrogens (tertiary/aromatic N) is 1. The molecule has 29 heavy (non-hydrogen) atoms. The number of hydrogen-bond donors (Lipinski definition) is 3. The number of carbonyl (C=O) groups is 1. The standard InChI is InChI=1S/C22H25ClFN3O2/c23-17-8-6-16(7-9-17)22(25)19(27-13-1-2-21(27)29)14-26-20(28)12-5-15-3-10-18(24)11-4-15/h3-4,6-11,19-20,25-26,28H,1-2,5,12-14H2. The Bertz CT molecular complexity index is 842. The van der Waals surface area contributed by atoms with Crippen LogP contribution < -0.4 is 5.32 Å². The summed E-state index contributed by atoms with van der Waals surface area (Å²) in [6.07, 6.45) is 1.50. The van der Waals surface area contributed by atoms with Gasteiger partial charge in [0.25, 0.3) is 0 Å². The molecule has 3 rings (SSSR count). The molecule has 7 heteroatoms. The van der Waals surface area contributed by atoms with Gasteiger partial charge in [-0.05, 0) is 54.7 Å². The van der Waals surface area contributed by atoms with E-state index < -0.39 is 12.3 Å². The van der Waals surface area contributed by atoms with Gasteiger partial charge < -0.3 is 15.4 Å². The van der Waals surface area contributed by atoms with Gasteiger partial charge in [0.05, 0.1) is 11.8 Å². The topological polar surface area (TPSA) is 76.4 Å². The third-order valence-electron chi connectivity index (χ3n) is 5.14. The van der Waals surface area contributed by atoms with Crippen LogP contribution in [0.4, 0.5) is 4.39 Å². The van der Waals surface area contributed by atoms with Gasteiger partial charge in [-0.1, -0.05) is 35.9 Å². The maximum absolute atomic E-state index is 13.0. The summed E-state index contributed by atoms with van der Waals surface area (Å²) in [5.74, 6) is -0.262. The molecule has 1 aliphatic rings. The average Bonchev–Trinajstić information content (AvgIpc) is 3.14. The van der Waals surface area contributed by atoms with Crippen molar-refractivity contribution in [3.63, 3.8) is 0 Å². The molecule has 0 radical (unpaired) electrons. The van der Waals surface area contributed by atoms with Gasteiger partial charge in [0.15, 0.2) is 0 Å². The Morgan fingerprint density at radius 1 is 1.21 bits per heavy atom. The van der Waals surface area contributed by atoms with Crippen LogP contribution in [0.5, 0.6) is 0 Å². The first kappa shape index (κ1) is 21.4. The van der Waals surface area contributed by atoms with Crippen molar-refractivity contribution in [2.75, 3.05) is 13.1 Å². The minimum absolute atomic E-state index is 0.0244. The van der Waals surface area contributed by atoms with Crippen LogP contribution >= 0.6 is 11.6 Å². The van der Waals surface area contributed by atoms with Crippen LogP contribution in [-0.4, -0.2) is 47.0 Å². The fourth-order valence-electron chi connectivity index (χ4n) is 3.49. The Hall–Kier alpha value is -2.28. The molecular weight excluding hydrogens is 393 g/mol. The molecule has 2 aromatic carbocycles. The molecular formula is C22H25ClFN3O2. The molecule has 1 amide bonds. The van der Waals surface area contributed by atoms with E-state index in [2.05, 4.69) is 5.32 Å². The number of nitrogens with one attached hydrogen (secondary N) is 2. The van der Waals surface area contributed by atoms with Crippen molar-refractivity contribution in [1.82, 2.24) is 10.2 Å². The molecule has 0 spiro atoms. The first-order valence-electron chi connectivity index (χ1n) is 9.74. The predicted molar refractivity (Wildman–Crippen MR) is 112 cm³/mol. The largest absolute Gasteiger partial charge is 0.379 e. The van der Waals surface area contributed by atoms with Crippen LogP contribution in [-0.2, 0) is 11.2 Å². The van der Waals surface area contributed by atoms with Crippen molar-refractivity contribution in [3.8, 4) is 0 Å². The second-order valence-electron chi connectivity index (χ2n) is 7.22. The van der Waals surface area contributed by atoms with E-state index in [1.54, 1.807) is 41.3 Å². The summed E-state index contributed by atoms with van der Waals surface area (Å²) >= 11 is 5.94. The summed E-state index contributed by atoms with van der Waals surface area (Å²) in [6, 6.07) is 12.7. The second-order valence-corrected chi connectivity index (χ2v) is 7.65. The van der Waals surface area contributed by atoms with Crippen molar-refractivity contribution in [2.45, 2.75) is 38.0 Å². The minimum Gasteiger partial charge on any atom is -0.379 e. The quantitative estimate of drug-likeness (QED) is 0.432. The van der Waals surface area contributed by atoms with Crippen molar-refractivity contribution in [1.29, 1.82) is 5.41 Å². The molecule has 2 unspecified atom stereocenters. The van der Waals surface area contributed by atoms with E-state index in [9.17, 15) is 14.3 Å². The van der Waals surface area contributed by atoms with E-state index in [0.717, 1.165) is 12.0 Å². The zero-order chi connectivity index (χ0) is 20.8. The lowest BCUT2D eigenvalue weighted by molar-refractivity contribution is -0.128. The molecule has 5 nitrogen and oxygen atoms in total. The zero-order valence-electron chi connectivity index (χ0n) is 16.1. The third-order valence-corrected chi connectivity index (χ3v) is 5.39. The highest BCUT2D eigenvalue weighted by molar-refractivity contribution is 6.30. The van der Waals surface area contributed by atoms with Crippen LogP contribution in [0.3, 0.4) is 0 Å². The number of aryl methyl sites for hydroxylation is 1. The SMILES string of the molecule is N=C(c1ccc(Cl)cc1)C(CNC(O)CCc1ccc(F)cc1)N1CCCC1=O. The van der Waals surface area contributed by atoms with E-state index in [4.69, 9.17) is 17.0 Å². The van der Waals surface area contributed by atoms with Crippen LogP contribution in [0.25, 0.3) is 0 Å². The molecule has 2 atom stereocenters. The maximum atomic E-state index is 13.0. The van der Waals surface area contributed by atoms with E-state index in [-0.39, 0.29) is 18.3 Å². The fourth-order valence-corrected chi connectivity index (χ4v) is 3.62. The summed E-state index contributed by atoms with van der Waals surface area (Å²) in [4.78, 5) is 14.0. The minimum atomic E-state index is -0.793. The lowest BCUT2D eigenvalue weighted by atomic mass is 10.0. The van der Waals surface area contributed by atoms with Crippen molar-refractivity contribution in [3.05, 3.63) is 70.5 Å². The fraction of sp³-hybridized carbons (Fsp3) is 0.364. The molecule has 0 aromatic heterocycles. The molecule has 0 bridgehead atoms. The Balaban J connectivity index is 1.61. The van der Waals surface area contributed by atoms with E-state index in [1.165, 1.54) is 12.1 Å². The third kappa shape index (κ3) is 5.85. The number of benzene rings is 2. The van der Waals surface area contributed by atoms with Gasteiger partial charge in [-0.2, -0.15) is 0 Å². The number of likely N-dealkylation sites (tertiary alicyclic amines) is 1. The Labute approximate surface area is 175 Å². The Morgan fingerprint density at radius 2 is 1.90 bits per heavy atom. The highest BCUT2D eigenvalue weighted by atomic mass is 35.5. The van der Waals surface area contributed by atoms with Gasteiger partial charge in [0.2, 0.25) is 5.91 Å². The van der Waals surface area contributed by atoms with Crippen LogP contribution in [0.2, 0.25) is 5.02 Å². The van der Waals surface area contributed by atoms with E-state index >= 15 is 0 Å². The number of aliphatic hydroxyl groups excluding tert-OH is 1. The van der Waals surface area contributed by atoms with Crippen LogP contribution in [0, 0.1) is 11.2 Å². The highest BCUT2D eigenvalue weighted by Gasteiger charge is 2.31. The second kappa shape index (κ2) is 9.96. The highest BCUT2D eigenvalue weighted by Crippen LogP contribution is 2.19. The van der Waals surface area contributed by atoms with Gasteiger partial charge in [-0.25, -0.2) is 4.39 Å². The summed E-state index contributed by atoms with van der Waals surface area (Å²) in [6.45, 7) is 0.880. The first-order valence-corrected chi connectivity index (χ1v) is 10.1. The smallest absolute Gasteiger partial charge is 0.223 e. The molecule has 0 saturated carbocycles. The molecule has 0 aliphatic carbocycles. The lowest BCUT2D eigenvalue weighted by Crippen LogP contribution is -2.50. The normalized spacial score (nSPS) is 16.1. The van der Waals surface area contributed by atoms with E-state index in [0.29, 0.717) is 42.1 Å². The molecule has 154 valence electrons. The number of rotatable bonds is 9. The van der Waals surface area contributed by atoms with Gasteiger partial charge in [0, 0.05) is 24.5 Å². The van der Waals surface area contributed by atoms with Gasteiger partial charge in [-0.3, -0.25) is 10.1 Å². The Kier molecular flexibility index (Phi) is 7.36. The predicted octanol–water partition coefficient (Wildman–Crippen LogP) is 3.38. The van der Waals surface area contributed by atoms with Crippen molar-refractivity contribution >= 4 is 23.2 Å². The summed E-state index contributed by atoms with van der Waals surface area (Å²) in [7, 11) is 0. The maximum Gasteiger partial charge on any atom is 0.223 e. The van der Waals surface area contributed by atoms with Crippen molar-refractivity contribution < 1.29 is 14.3 Å². The number of carbonyl (C=O) groups excluding carboxylic acids is 1. The van der Waals surface area contributed by atoms with Crippen molar-refractivity contribution in [2.24, 2.45) is 0 Å². The van der Waals surface area contributed by atoms with Gasteiger partial charge in [-0.15, -0.1) is 0 Å². The van der Waals surface area contributed by atoms with E-state index in [1.807, 2.05) is 0 Å². The summed E-state index contributed by atoms with van der Waals surface area (Å²) in [5, 5.41) is 22.6. The first-order chi connectivity index (χ1) is 13.9. The number of hydrogen-bond acceptors (Lipinski definition) is 4.